The Kier molecular flexibility index (Phi) is 6.16. The number of aliphatic carboxylic acids is 1. The van der Waals surface area contributed by atoms with Crippen LogP contribution in [0.1, 0.15) is 54.9 Å². The average molecular weight is 390 g/mol. The van der Waals surface area contributed by atoms with E-state index in [1.54, 1.807) is 12.0 Å². The van der Waals surface area contributed by atoms with E-state index in [4.69, 9.17) is 8.95 Å². The molecule has 1 heterocycles. The van der Waals surface area contributed by atoms with Crippen molar-refractivity contribution in [2.75, 3.05) is 6.54 Å². The van der Waals surface area contributed by atoms with Crippen molar-refractivity contribution in [2.45, 2.75) is 103 Å². The molecule has 0 aromatic rings. The minimum Gasteiger partial charge on any atom is -0.480 e. The lowest BCUT2D eigenvalue weighted by atomic mass is 10.00. The minimum absolute atomic E-state index is 0.0186. The van der Waals surface area contributed by atoms with Gasteiger partial charge in [0.25, 0.3) is 0 Å². The Labute approximate surface area is 156 Å². The van der Waals surface area contributed by atoms with Gasteiger partial charge in [0.05, 0.1) is 6.10 Å². The zero-order valence-corrected chi connectivity index (χ0v) is 20.1. The molecule has 1 rings (SSSR count). The van der Waals surface area contributed by atoms with Crippen LogP contribution in [0.5, 0.6) is 0 Å². The number of hydrogen-bond donors (Lipinski definition) is 1. The Hall–Kier alpha value is -0.216. The Bertz CT molecular complexity index is 508. The number of rotatable bonds is 5. The summed E-state index contributed by atoms with van der Waals surface area (Å²) in [6, 6.07) is 0. The van der Waals surface area contributed by atoms with Gasteiger partial charge in [-0.25, -0.2) is 0 Å². The first-order chi connectivity index (χ1) is 10.8. The topological polar surface area (TPSA) is 59.0 Å². The lowest BCUT2D eigenvalue weighted by Crippen LogP contribution is -2.55. The molecule has 0 saturated carbocycles. The molecule has 0 radical (unpaired) electrons. The van der Waals surface area contributed by atoms with Gasteiger partial charge in [0.1, 0.15) is 5.54 Å². The molecular formula is C18H39NO4Si2. The van der Waals surface area contributed by atoms with Crippen molar-refractivity contribution in [3.63, 3.8) is 0 Å². The second-order valence-electron chi connectivity index (χ2n) is 10.7. The second-order valence-corrected chi connectivity index (χ2v) is 20.2. The van der Waals surface area contributed by atoms with Crippen LogP contribution in [-0.2, 0) is 13.7 Å². The summed E-state index contributed by atoms with van der Waals surface area (Å²) in [5, 5.41) is 11.7. The zero-order valence-electron chi connectivity index (χ0n) is 18.1. The van der Waals surface area contributed by atoms with E-state index < -0.39 is 28.1 Å². The van der Waals surface area contributed by atoms with Crippen LogP contribution in [-0.4, -0.2) is 51.0 Å². The molecule has 1 saturated heterocycles. The molecule has 0 bridgehead atoms. The quantitative estimate of drug-likeness (QED) is 0.680. The zero-order chi connectivity index (χ0) is 20.1. The Balaban J connectivity index is 3.05. The Morgan fingerprint density at radius 1 is 1.04 bits per heavy atom. The van der Waals surface area contributed by atoms with Gasteiger partial charge in [-0.15, -0.1) is 0 Å². The van der Waals surface area contributed by atoms with Gasteiger partial charge in [-0.05, 0) is 43.2 Å². The summed E-state index contributed by atoms with van der Waals surface area (Å²) in [6.07, 6.45) is 0.357. The predicted octanol–water partition coefficient (Wildman–Crippen LogP) is 4.86. The van der Waals surface area contributed by atoms with Crippen LogP contribution in [0.25, 0.3) is 0 Å². The molecule has 5 nitrogen and oxygen atoms in total. The van der Waals surface area contributed by atoms with Crippen LogP contribution in [0.2, 0.25) is 36.3 Å². The van der Waals surface area contributed by atoms with Gasteiger partial charge in [-0.2, -0.15) is 5.06 Å². The van der Waals surface area contributed by atoms with Crippen LogP contribution in [0.3, 0.4) is 0 Å². The van der Waals surface area contributed by atoms with Gasteiger partial charge < -0.3 is 14.1 Å². The fourth-order valence-corrected chi connectivity index (χ4v) is 4.86. The summed E-state index contributed by atoms with van der Waals surface area (Å²) in [6.45, 7) is 24.1. The highest BCUT2D eigenvalue weighted by molar-refractivity contribution is 6.74. The maximum atomic E-state index is 12.0. The van der Waals surface area contributed by atoms with Crippen LogP contribution in [0.4, 0.5) is 0 Å². The smallest absolute Gasteiger partial charge is 0.326 e. The van der Waals surface area contributed by atoms with Gasteiger partial charge in [-0.1, -0.05) is 41.5 Å². The van der Waals surface area contributed by atoms with Crippen LogP contribution in [0.15, 0.2) is 0 Å². The highest BCUT2D eigenvalue weighted by Gasteiger charge is 2.54. The molecule has 7 heteroatoms. The van der Waals surface area contributed by atoms with Crippen molar-refractivity contribution < 1.29 is 18.9 Å². The number of carboxylic acids is 1. The first-order valence-corrected chi connectivity index (χ1v) is 15.0. The fraction of sp³-hybridized carbons (Fsp3) is 0.944. The molecule has 1 aliphatic heterocycles. The lowest BCUT2D eigenvalue weighted by Gasteiger charge is -2.42. The Morgan fingerprint density at radius 3 is 1.84 bits per heavy atom. The number of hydroxylamine groups is 2. The first-order valence-electron chi connectivity index (χ1n) is 9.21. The first kappa shape index (κ1) is 22.8. The number of nitrogens with zero attached hydrogens (tertiary/aromatic N) is 1. The third-order valence-electron chi connectivity index (χ3n) is 6.42. The number of carbonyl (C=O) groups is 1. The van der Waals surface area contributed by atoms with E-state index in [1.807, 2.05) is 0 Å². The largest absolute Gasteiger partial charge is 0.480 e. The van der Waals surface area contributed by atoms with E-state index in [9.17, 15) is 9.90 Å². The van der Waals surface area contributed by atoms with Gasteiger partial charge in [-0.3, -0.25) is 4.79 Å². The van der Waals surface area contributed by atoms with Crippen molar-refractivity contribution in [3.8, 4) is 0 Å². The molecule has 1 aliphatic rings. The van der Waals surface area contributed by atoms with E-state index in [0.717, 1.165) is 0 Å². The summed E-state index contributed by atoms with van der Waals surface area (Å²) < 4.78 is 12.9. The summed E-state index contributed by atoms with van der Waals surface area (Å²) in [5.74, 6) is -0.840. The van der Waals surface area contributed by atoms with Crippen molar-refractivity contribution in [1.29, 1.82) is 0 Å². The predicted molar refractivity (Wildman–Crippen MR) is 108 cm³/mol. The van der Waals surface area contributed by atoms with Crippen molar-refractivity contribution in [2.24, 2.45) is 0 Å². The number of carboxylic acid groups (broad SMARTS) is 1. The fourth-order valence-electron chi connectivity index (χ4n) is 2.41. The van der Waals surface area contributed by atoms with Gasteiger partial charge in [0.15, 0.2) is 8.32 Å². The normalized spacial score (nSPS) is 26.9. The highest BCUT2D eigenvalue weighted by Crippen LogP contribution is 2.43. The van der Waals surface area contributed by atoms with Gasteiger partial charge in [0, 0.05) is 13.0 Å². The summed E-state index contributed by atoms with van der Waals surface area (Å²) in [4.78, 5) is 12.0. The molecule has 25 heavy (non-hydrogen) atoms. The molecule has 0 aromatic heterocycles. The summed E-state index contributed by atoms with van der Waals surface area (Å²) in [5.41, 5.74) is -1.04. The Morgan fingerprint density at radius 2 is 1.48 bits per heavy atom. The molecular weight excluding hydrogens is 350 g/mol. The maximum absolute atomic E-state index is 12.0. The molecule has 2 atom stereocenters. The lowest BCUT2D eigenvalue weighted by molar-refractivity contribution is -0.174. The van der Waals surface area contributed by atoms with E-state index in [-0.39, 0.29) is 16.2 Å². The second kappa shape index (κ2) is 6.74. The molecule has 0 spiro atoms. The molecule has 1 N–H and O–H groups in total. The molecule has 1 unspecified atom stereocenters. The third kappa shape index (κ3) is 4.74. The third-order valence-corrected chi connectivity index (χ3v) is 15.2. The highest BCUT2D eigenvalue weighted by atomic mass is 28.4. The maximum Gasteiger partial charge on any atom is 0.326 e. The van der Waals surface area contributed by atoms with Crippen molar-refractivity contribution in [1.82, 2.24) is 5.06 Å². The molecule has 148 valence electrons. The van der Waals surface area contributed by atoms with Gasteiger partial charge in [0.2, 0.25) is 8.32 Å². The van der Waals surface area contributed by atoms with Gasteiger partial charge >= 0.3 is 5.97 Å². The van der Waals surface area contributed by atoms with Crippen LogP contribution < -0.4 is 0 Å². The monoisotopic (exact) mass is 389 g/mol. The van der Waals surface area contributed by atoms with Crippen molar-refractivity contribution >= 4 is 22.6 Å². The molecule has 0 amide bonds. The van der Waals surface area contributed by atoms with Crippen LogP contribution in [0, 0.1) is 0 Å². The van der Waals surface area contributed by atoms with E-state index in [1.165, 1.54) is 0 Å². The SMILES string of the molecule is CC(C)(C)[Si](C)(C)OC1CN(O[Si](C)(C)C(C)(C)C)[C@@](C)(C(=O)O)C1. The van der Waals surface area contributed by atoms with E-state index in [2.05, 4.69) is 67.7 Å². The average Bonchev–Trinajstić information content (AvgIpc) is 2.62. The van der Waals surface area contributed by atoms with Crippen LogP contribution >= 0.6 is 0 Å². The van der Waals surface area contributed by atoms with E-state index >= 15 is 0 Å². The molecule has 0 aromatic carbocycles. The molecule has 0 aliphatic carbocycles. The summed E-state index contributed by atoms with van der Waals surface area (Å²) in [7, 11) is -4.07. The van der Waals surface area contributed by atoms with E-state index in [0.29, 0.717) is 13.0 Å². The van der Waals surface area contributed by atoms with Crippen molar-refractivity contribution in [3.05, 3.63) is 0 Å². The summed E-state index contributed by atoms with van der Waals surface area (Å²) >= 11 is 0. The number of hydrogen-bond acceptors (Lipinski definition) is 4. The standard InChI is InChI=1S/C18H39NO4Si2/c1-16(2,3)24(8,9)22-14-12-18(7,15(20)21)19(13-14)23-25(10,11)17(4,5)6/h14H,12-13H2,1-11H3,(H,20,21)/t14?,18-/m1/s1. The molecule has 1 fully saturated rings. The minimum atomic E-state index is -2.11.